The lowest BCUT2D eigenvalue weighted by Gasteiger charge is -2.32. The van der Waals surface area contributed by atoms with Crippen LogP contribution in [-0.2, 0) is 36.9 Å². The van der Waals surface area contributed by atoms with Crippen LogP contribution in [0.25, 0.3) is 0 Å². The number of benzene rings is 2. The highest BCUT2D eigenvalue weighted by atomic mass is 16.5. The number of hydrogen-bond donors (Lipinski definition) is 4. The van der Waals surface area contributed by atoms with Crippen LogP contribution in [-0.4, -0.2) is 53.8 Å². The van der Waals surface area contributed by atoms with Crippen LogP contribution in [0, 0.1) is 0 Å². The minimum absolute atomic E-state index is 0.133. The highest BCUT2D eigenvalue weighted by Crippen LogP contribution is 2.10. The number of hydrogen-bond acceptors (Lipinski definition) is 6. The Morgan fingerprint density at radius 3 is 2.31 bits per heavy atom. The van der Waals surface area contributed by atoms with E-state index < -0.39 is 18.0 Å². The van der Waals surface area contributed by atoms with Crippen molar-refractivity contribution < 1.29 is 34.4 Å². The van der Waals surface area contributed by atoms with E-state index >= 15 is 0 Å². The van der Waals surface area contributed by atoms with Crippen molar-refractivity contribution in [1.29, 1.82) is 0 Å². The molecule has 6 N–H and O–H groups in total. The first-order valence-electron chi connectivity index (χ1n) is 10.8. The first-order chi connectivity index (χ1) is 16.7. The minimum atomic E-state index is -1.08. The molecule has 11 heteroatoms. The van der Waals surface area contributed by atoms with Crippen LogP contribution in [0.1, 0.15) is 30.0 Å². The number of nitrogens with one attached hydrogen (secondary N) is 2. The molecule has 0 spiro atoms. The van der Waals surface area contributed by atoms with Gasteiger partial charge in [0, 0.05) is 12.5 Å². The van der Waals surface area contributed by atoms with Gasteiger partial charge in [-0.1, -0.05) is 42.5 Å². The molecule has 11 nitrogen and oxygen atoms in total. The standard InChI is InChI=1S/C22H25N5O4.C2H4O2/c23-21(24)17-8-6-16(7-9-17)14-25-19(28)13-18-22(30)27(10-11-31-18)26-20(29)12-15-4-2-1-3-5-15;1-2(3)4/h1-9,18H,10-14H2,(H3,23,24)(H,25,28)(H,26,29);1H3,(H,3,4)/t18-;/m1./s1. The third kappa shape index (κ3) is 9.64. The molecule has 3 amide bonds. The summed E-state index contributed by atoms with van der Waals surface area (Å²) < 4.78 is 5.45. The number of carbonyl (C=O) groups excluding carboxylic acids is 4. The largest absolute Gasteiger partial charge is 0.550 e. The summed E-state index contributed by atoms with van der Waals surface area (Å²) in [6.45, 7) is 1.72. The van der Waals surface area contributed by atoms with E-state index in [1.54, 1.807) is 12.1 Å². The van der Waals surface area contributed by atoms with Gasteiger partial charge in [0.15, 0.2) is 0 Å². The molecular formula is C24H29N5O6. The number of amidine groups is 1. The van der Waals surface area contributed by atoms with Crippen molar-refractivity contribution in [2.24, 2.45) is 5.73 Å². The molecule has 0 aliphatic carbocycles. The number of amides is 3. The molecule has 186 valence electrons. The summed E-state index contributed by atoms with van der Waals surface area (Å²) in [5, 5.41) is 18.4. The topological polar surface area (TPSA) is 179 Å². The number of hydrazine groups is 1. The molecule has 2 aromatic carbocycles. The van der Waals surface area contributed by atoms with Gasteiger partial charge in [-0.2, -0.15) is 0 Å². The van der Waals surface area contributed by atoms with Gasteiger partial charge in [0.05, 0.1) is 31.6 Å². The normalized spacial score (nSPS) is 14.8. The van der Waals surface area contributed by atoms with Crippen LogP contribution in [0.15, 0.2) is 54.6 Å². The monoisotopic (exact) mass is 483 g/mol. The quantitative estimate of drug-likeness (QED) is 0.235. The predicted molar refractivity (Wildman–Crippen MR) is 124 cm³/mol. The fraction of sp³-hybridized carbons (Fsp3) is 0.292. The fourth-order valence-corrected chi connectivity index (χ4v) is 3.13. The highest BCUT2D eigenvalue weighted by Gasteiger charge is 2.32. The average molecular weight is 484 g/mol. The third-order valence-electron chi connectivity index (χ3n) is 4.79. The highest BCUT2D eigenvalue weighted by molar-refractivity contribution is 5.92. The molecule has 1 atom stereocenters. The van der Waals surface area contributed by atoms with Gasteiger partial charge >= 0.3 is 0 Å². The number of morpholine rings is 1. The molecule has 1 heterocycles. The van der Waals surface area contributed by atoms with E-state index in [1.165, 1.54) is 5.01 Å². The Hall–Kier alpha value is -4.25. The molecule has 3 rings (SSSR count). The molecule has 1 aliphatic rings. The van der Waals surface area contributed by atoms with Gasteiger partial charge in [0.1, 0.15) is 6.10 Å². The van der Waals surface area contributed by atoms with E-state index in [4.69, 9.17) is 25.8 Å². The average Bonchev–Trinajstić information content (AvgIpc) is 2.81. The van der Waals surface area contributed by atoms with Crippen LogP contribution in [0.2, 0.25) is 0 Å². The van der Waals surface area contributed by atoms with Crippen molar-refractivity contribution in [1.82, 2.24) is 15.8 Å². The zero-order valence-corrected chi connectivity index (χ0v) is 19.4. The second-order valence-electron chi connectivity index (χ2n) is 7.67. The van der Waals surface area contributed by atoms with Crippen LogP contribution < -0.4 is 27.0 Å². The fourth-order valence-electron chi connectivity index (χ4n) is 3.13. The number of nitrogens with zero attached hydrogens (tertiary/aromatic N) is 1. The second-order valence-corrected chi connectivity index (χ2v) is 7.67. The van der Waals surface area contributed by atoms with E-state index in [1.807, 2.05) is 42.5 Å². The molecule has 0 unspecified atom stereocenters. The Balaban J connectivity index is 0.00000100. The van der Waals surface area contributed by atoms with E-state index in [2.05, 4.69) is 10.7 Å². The summed E-state index contributed by atoms with van der Waals surface area (Å²) in [6.07, 6.45) is -0.922. The van der Waals surface area contributed by atoms with E-state index in [0.717, 1.165) is 18.1 Å². The van der Waals surface area contributed by atoms with Gasteiger partial charge < -0.3 is 20.0 Å². The van der Waals surface area contributed by atoms with Crippen molar-refractivity contribution in [2.45, 2.75) is 32.4 Å². The van der Waals surface area contributed by atoms with Gasteiger partial charge in [-0.15, -0.1) is 0 Å². The van der Waals surface area contributed by atoms with Crippen LogP contribution >= 0.6 is 0 Å². The number of ether oxygens (including phenoxy) is 1. The lowest BCUT2D eigenvalue weighted by molar-refractivity contribution is -0.302. The van der Waals surface area contributed by atoms with Crippen molar-refractivity contribution in [2.75, 3.05) is 13.2 Å². The number of nitrogens with two attached hydrogens (primary N) is 2. The molecular weight excluding hydrogens is 454 g/mol. The zero-order valence-electron chi connectivity index (χ0n) is 19.4. The third-order valence-corrected chi connectivity index (χ3v) is 4.79. The number of carboxylic acids is 1. The maximum Gasteiger partial charge on any atom is 0.270 e. The van der Waals surface area contributed by atoms with Crippen molar-refractivity contribution in [3.8, 4) is 0 Å². The maximum absolute atomic E-state index is 12.6. The Bertz CT molecular complexity index is 1040. The van der Waals surface area contributed by atoms with E-state index in [9.17, 15) is 14.4 Å². The number of aliphatic carboxylic acids is 1. The molecule has 35 heavy (non-hydrogen) atoms. The first-order valence-corrected chi connectivity index (χ1v) is 10.8. The first kappa shape index (κ1) is 27.0. The smallest absolute Gasteiger partial charge is 0.270 e. The van der Waals surface area contributed by atoms with Gasteiger partial charge in [-0.25, -0.2) is 5.01 Å². The van der Waals surface area contributed by atoms with Gasteiger partial charge in [0.25, 0.3) is 11.7 Å². The molecule has 0 aromatic heterocycles. The zero-order chi connectivity index (χ0) is 25.8. The van der Waals surface area contributed by atoms with E-state index in [-0.39, 0.29) is 43.6 Å². The summed E-state index contributed by atoms with van der Waals surface area (Å²) in [5.74, 6) is -1.93. The van der Waals surface area contributed by atoms with Crippen molar-refractivity contribution in [3.63, 3.8) is 0 Å². The Labute approximate surface area is 202 Å². The lowest BCUT2D eigenvalue weighted by atomic mass is 10.1. The number of rotatable bonds is 8. The van der Waals surface area contributed by atoms with Crippen LogP contribution in [0.4, 0.5) is 0 Å². The molecule has 1 fully saturated rings. The number of carbonyl (C=O) groups is 4. The summed E-state index contributed by atoms with van der Waals surface area (Å²) >= 11 is 0. The Morgan fingerprint density at radius 1 is 1.09 bits per heavy atom. The molecule has 1 aliphatic heterocycles. The Kier molecular flexibility index (Phi) is 10.4. The van der Waals surface area contributed by atoms with Gasteiger partial charge in [0.2, 0.25) is 11.8 Å². The van der Waals surface area contributed by atoms with Crippen molar-refractivity contribution >= 4 is 29.5 Å². The molecule has 2 aromatic rings. The summed E-state index contributed by atoms with van der Waals surface area (Å²) in [5.41, 5.74) is 10.6. The van der Waals surface area contributed by atoms with Crippen LogP contribution in [0.5, 0.6) is 0 Å². The maximum atomic E-state index is 12.6. The van der Waals surface area contributed by atoms with E-state index in [0.29, 0.717) is 12.1 Å². The van der Waals surface area contributed by atoms with Crippen molar-refractivity contribution in [3.05, 3.63) is 71.3 Å². The summed E-state index contributed by atoms with van der Waals surface area (Å²) in [4.78, 5) is 46.0. The minimum Gasteiger partial charge on any atom is -0.550 e. The molecule has 0 saturated carbocycles. The SMILES string of the molecule is CC(=O)[O-].NC(=[NH2+])c1ccc(CNC(=O)C[C@H]2OCCN(NC(=O)Cc3ccccc3)C2=O)cc1. The summed E-state index contributed by atoms with van der Waals surface area (Å²) in [7, 11) is 0. The molecule has 0 radical (unpaired) electrons. The van der Waals surface area contributed by atoms with Gasteiger partial charge in [-0.05, 0) is 30.2 Å². The molecule has 1 saturated heterocycles. The van der Waals surface area contributed by atoms with Gasteiger partial charge in [-0.3, -0.25) is 31.0 Å². The lowest BCUT2D eigenvalue weighted by Crippen LogP contribution is -2.56. The second kappa shape index (κ2) is 13.5. The summed E-state index contributed by atoms with van der Waals surface area (Å²) in [6, 6.07) is 16.4. The number of carboxylic acid groups (broad SMARTS) is 1. The predicted octanol–water partition coefficient (Wildman–Crippen LogP) is -2.59. The molecule has 0 bridgehead atoms. The Morgan fingerprint density at radius 2 is 1.71 bits per heavy atom. The van der Waals surface area contributed by atoms with Crippen LogP contribution in [0.3, 0.4) is 0 Å².